The average molecular weight is 445 g/mol. The predicted molar refractivity (Wildman–Crippen MR) is 122 cm³/mol. The standard InChI is InChI=1S/C26H24FN3O3/c1-17-7-8-18(2)22(13-17)32-25-11-9-19(15-29-25)14-28-24(31)10-12-26-30-16-23(33-26)20-5-3-4-6-21(20)27/h3-9,11,13,15-16H,10,12,14H2,1-2H3,(H,28,31). The van der Waals surface area contributed by atoms with E-state index in [-0.39, 0.29) is 18.1 Å². The molecule has 1 N–H and O–H groups in total. The van der Waals surface area contributed by atoms with Crippen LogP contribution in [-0.4, -0.2) is 15.9 Å². The summed E-state index contributed by atoms with van der Waals surface area (Å²) in [5.74, 6) is 1.48. The molecule has 0 aliphatic rings. The summed E-state index contributed by atoms with van der Waals surface area (Å²) in [6.07, 6.45) is 3.67. The molecule has 0 radical (unpaired) electrons. The van der Waals surface area contributed by atoms with Crippen molar-refractivity contribution in [3.63, 3.8) is 0 Å². The Kier molecular flexibility index (Phi) is 6.78. The molecule has 0 aliphatic heterocycles. The maximum absolute atomic E-state index is 13.9. The molecule has 0 bridgehead atoms. The van der Waals surface area contributed by atoms with Crippen LogP contribution in [-0.2, 0) is 17.8 Å². The van der Waals surface area contributed by atoms with Gasteiger partial charge in [-0.25, -0.2) is 14.4 Å². The first kappa shape index (κ1) is 22.2. The molecule has 0 fully saturated rings. The van der Waals surface area contributed by atoms with Crippen LogP contribution in [0.25, 0.3) is 11.3 Å². The number of aromatic nitrogens is 2. The molecule has 6 nitrogen and oxygen atoms in total. The molecule has 33 heavy (non-hydrogen) atoms. The normalized spacial score (nSPS) is 10.8. The second-order valence-corrected chi connectivity index (χ2v) is 7.75. The number of ether oxygens (including phenoxy) is 1. The lowest BCUT2D eigenvalue weighted by atomic mass is 10.1. The van der Waals surface area contributed by atoms with E-state index in [1.165, 1.54) is 12.3 Å². The minimum atomic E-state index is -0.378. The maximum atomic E-state index is 13.9. The third kappa shape index (κ3) is 5.83. The van der Waals surface area contributed by atoms with Crippen molar-refractivity contribution in [1.29, 1.82) is 0 Å². The van der Waals surface area contributed by atoms with E-state index in [2.05, 4.69) is 15.3 Å². The number of aryl methyl sites for hydroxylation is 3. The summed E-state index contributed by atoms with van der Waals surface area (Å²) in [5.41, 5.74) is 3.35. The second-order valence-electron chi connectivity index (χ2n) is 7.75. The summed E-state index contributed by atoms with van der Waals surface area (Å²) in [5, 5.41) is 2.85. The van der Waals surface area contributed by atoms with E-state index >= 15 is 0 Å². The van der Waals surface area contributed by atoms with Gasteiger partial charge in [-0.05, 0) is 48.7 Å². The summed E-state index contributed by atoms with van der Waals surface area (Å²) < 4.78 is 25.3. The van der Waals surface area contributed by atoms with Gasteiger partial charge in [0.15, 0.2) is 11.7 Å². The first-order valence-corrected chi connectivity index (χ1v) is 10.6. The van der Waals surface area contributed by atoms with Gasteiger partial charge in [0.05, 0.1) is 11.8 Å². The number of rotatable bonds is 8. The van der Waals surface area contributed by atoms with Gasteiger partial charge in [0.1, 0.15) is 11.6 Å². The third-order valence-corrected chi connectivity index (χ3v) is 5.10. The number of halogens is 1. The van der Waals surface area contributed by atoms with Gasteiger partial charge in [0.25, 0.3) is 0 Å². The number of hydrogen-bond donors (Lipinski definition) is 1. The zero-order valence-corrected chi connectivity index (χ0v) is 18.5. The molecule has 0 aliphatic carbocycles. The highest BCUT2D eigenvalue weighted by atomic mass is 19.1. The van der Waals surface area contributed by atoms with Crippen LogP contribution in [0.5, 0.6) is 11.6 Å². The first-order valence-electron chi connectivity index (χ1n) is 10.6. The first-order chi connectivity index (χ1) is 16.0. The van der Waals surface area contributed by atoms with Gasteiger partial charge in [0, 0.05) is 31.6 Å². The zero-order valence-electron chi connectivity index (χ0n) is 18.5. The van der Waals surface area contributed by atoms with E-state index in [0.717, 1.165) is 22.4 Å². The molecule has 7 heteroatoms. The van der Waals surface area contributed by atoms with Crippen LogP contribution in [0, 0.1) is 19.7 Å². The Morgan fingerprint density at radius 2 is 1.91 bits per heavy atom. The topological polar surface area (TPSA) is 77.2 Å². The Labute approximate surface area is 191 Å². The fourth-order valence-corrected chi connectivity index (χ4v) is 3.23. The van der Waals surface area contributed by atoms with E-state index in [1.807, 2.05) is 38.1 Å². The summed E-state index contributed by atoms with van der Waals surface area (Å²) in [7, 11) is 0. The fourth-order valence-electron chi connectivity index (χ4n) is 3.23. The molecule has 0 saturated heterocycles. The van der Waals surface area contributed by atoms with Gasteiger partial charge in [-0.3, -0.25) is 4.79 Å². The lowest BCUT2D eigenvalue weighted by molar-refractivity contribution is -0.121. The molecule has 0 unspecified atom stereocenters. The van der Waals surface area contributed by atoms with Crippen LogP contribution in [0.4, 0.5) is 4.39 Å². The van der Waals surface area contributed by atoms with Crippen LogP contribution in [0.15, 0.2) is 71.4 Å². The largest absolute Gasteiger partial charge is 0.441 e. The molecule has 0 saturated carbocycles. The Morgan fingerprint density at radius 1 is 1.06 bits per heavy atom. The minimum Gasteiger partial charge on any atom is -0.441 e. The van der Waals surface area contributed by atoms with E-state index in [9.17, 15) is 9.18 Å². The van der Waals surface area contributed by atoms with Gasteiger partial charge in [-0.1, -0.05) is 30.3 Å². The van der Waals surface area contributed by atoms with Gasteiger partial charge >= 0.3 is 0 Å². The predicted octanol–water partition coefficient (Wildman–Crippen LogP) is 5.53. The monoisotopic (exact) mass is 445 g/mol. The molecule has 1 amide bonds. The van der Waals surface area contributed by atoms with Crippen molar-refractivity contribution in [1.82, 2.24) is 15.3 Å². The molecule has 2 aromatic heterocycles. The van der Waals surface area contributed by atoms with E-state index in [0.29, 0.717) is 36.1 Å². The Balaban J connectivity index is 1.25. The van der Waals surface area contributed by atoms with Crippen molar-refractivity contribution < 1.29 is 18.3 Å². The van der Waals surface area contributed by atoms with E-state index < -0.39 is 0 Å². The summed E-state index contributed by atoms with van der Waals surface area (Å²) >= 11 is 0. The van der Waals surface area contributed by atoms with Crippen molar-refractivity contribution in [2.75, 3.05) is 0 Å². The number of amides is 1. The molecule has 0 atom stereocenters. The number of nitrogens with zero attached hydrogens (tertiary/aromatic N) is 2. The molecule has 2 aromatic carbocycles. The third-order valence-electron chi connectivity index (χ3n) is 5.10. The van der Waals surface area contributed by atoms with Crippen molar-refractivity contribution >= 4 is 5.91 Å². The van der Waals surface area contributed by atoms with Crippen LogP contribution in [0.1, 0.15) is 29.0 Å². The number of carbonyl (C=O) groups is 1. The molecule has 4 aromatic rings. The zero-order chi connectivity index (χ0) is 23.2. The van der Waals surface area contributed by atoms with Crippen molar-refractivity contribution in [3.05, 3.63) is 95.4 Å². The summed E-state index contributed by atoms with van der Waals surface area (Å²) in [6, 6.07) is 16.0. The maximum Gasteiger partial charge on any atom is 0.220 e. The number of nitrogens with one attached hydrogen (secondary N) is 1. The van der Waals surface area contributed by atoms with Gasteiger partial charge in [-0.2, -0.15) is 0 Å². The molecular weight excluding hydrogens is 421 g/mol. The van der Waals surface area contributed by atoms with Gasteiger partial charge in [-0.15, -0.1) is 0 Å². The highest BCUT2D eigenvalue weighted by molar-refractivity contribution is 5.76. The highest BCUT2D eigenvalue weighted by Gasteiger charge is 2.12. The van der Waals surface area contributed by atoms with Crippen LogP contribution >= 0.6 is 0 Å². The van der Waals surface area contributed by atoms with Crippen LogP contribution in [0.3, 0.4) is 0 Å². The smallest absolute Gasteiger partial charge is 0.220 e. The lowest BCUT2D eigenvalue weighted by Gasteiger charge is -2.09. The lowest BCUT2D eigenvalue weighted by Crippen LogP contribution is -2.23. The van der Waals surface area contributed by atoms with Crippen LogP contribution < -0.4 is 10.1 Å². The fraction of sp³-hybridized carbons (Fsp3) is 0.192. The molecule has 4 rings (SSSR count). The van der Waals surface area contributed by atoms with Gasteiger partial charge in [0.2, 0.25) is 11.8 Å². The quantitative estimate of drug-likeness (QED) is 0.386. The molecule has 168 valence electrons. The number of benzene rings is 2. The number of hydrogen-bond acceptors (Lipinski definition) is 5. The summed E-state index contributed by atoms with van der Waals surface area (Å²) in [6.45, 7) is 4.34. The average Bonchev–Trinajstić information content (AvgIpc) is 3.29. The van der Waals surface area contributed by atoms with E-state index in [4.69, 9.17) is 9.15 Å². The Morgan fingerprint density at radius 3 is 2.70 bits per heavy atom. The molecule has 2 heterocycles. The number of pyridine rings is 1. The SMILES string of the molecule is Cc1ccc(C)c(Oc2ccc(CNC(=O)CCc3ncc(-c4ccccc4F)o3)cn2)c1. The highest BCUT2D eigenvalue weighted by Crippen LogP contribution is 2.25. The Bertz CT molecular complexity index is 1250. The van der Waals surface area contributed by atoms with Gasteiger partial charge < -0.3 is 14.5 Å². The number of oxazole rings is 1. The summed E-state index contributed by atoms with van der Waals surface area (Å²) in [4.78, 5) is 20.7. The van der Waals surface area contributed by atoms with Crippen LogP contribution in [0.2, 0.25) is 0 Å². The minimum absolute atomic E-state index is 0.142. The number of carbonyl (C=O) groups excluding carboxylic acids is 1. The van der Waals surface area contributed by atoms with Crippen molar-refractivity contribution in [2.45, 2.75) is 33.2 Å². The molecule has 0 spiro atoms. The van der Waals surface area contributed by atoms with Crippen molar-refractivity contribution in [3.8, 4) is 23.0 Å². The second kappa shape index (κ2) is 10.1. The Hall–Kier alpha value is -4.00. The molecular formula is C26H24FN3O3. The van der Waals surface area contributed by atoms with E-state index in [1.54, 1.807) is 30.5 Å². The van der Waals surface area contributed by atoms with Crippen molar-refractivity contribution in [2.24, 2.45) is 0 Å².